The highest BCUT2D eigenvalue weighted by Crippen LogP contribution is 2.37. The van der Waals surface area contributed by atoms with Gasteiger partial charge in [0.2, 0.25) is 0 Å². The van der Waals surface area contributed by atoms with E-state index in [-0.39, 0.29) is 11.9 Å². The summed E-state index contributed by atoms with van der Waals surface area (Å²) in [5, 5.41) is 3.69. The summed E-state index contributed by atoms with van der Waals surface area (Å²) in [5.74, 6) is 1.44. The second-order valence-electron chi connectivity index (χ2n) is 6.90. The fourth-order valence-corrected chi connectivity index (χ4v) is 3.42. The summed E-state index contributed by atoms with van der Waals surface area (Å²) >= 11 is 1.31. The summed E-state index contributed by atoms with van der Waals surface area (Å²) in [6.07, 6.45) is -3.17. The zero-order valence-corrected chi connectivity index (χ0v) is 18.7. The van der Waals surface area contributed by atoms with Crippen LogP contribution in [0.2, 0.25) is 0 Å². The summed E-state index contributed by atoms with van der Waals surface area (Å²) < 4.78 is 57.3. The second kappa shape index (κ2) is 10.1. The van der Waals surface area contributed by atoms with Gasteiger partial charge in [0.25, 0.3) is 0 Å². The van der Waals surface area contributed by atoms with Crippen LogP contribution < -0.4 is 24.2 Å². The van der Waals surface area contributed by atoms with Gasteiger partial charge in [-0.1, -0.05) is 0 Å². The Kier molecular flexibility index (Phi) is 7.52. The Balaban J connectivity index is 2.02. The third-order valence-corrected chi connectivity index (χ3v) is 4.79. The number of alkyl halides is 3. The lowest BCUT2D eigenvalue weighted by Crippen LogP contribution is -2.19. The largest absolute Gasteiger partial charge is 0.493 e. The molecule has 0 aliphatic heterocycles. The zero-order valence-electron chi connectivity index (χ0n) is 17.9. The minimum absolute atomic E-state index is 0.0428. The highest BCUT2D eigenvalue weighted by atomic mass is 32.2. The third kappa shape index (κ3) is 6.07. The lowest BCUT2D eigenvalue weighted by molar-refractivity contribution is -0.153. The van der Waals surface area contributed by atoms with Crippen LogP contribution in [-0.4, -0.2) is 43.0 Å². The lowest BCUT2D eigenvalue weighted by Gasteiger charge is -2.17. The maximum absolute atomic E-state index is 12.7. The first-order valence-electron chi connectivity index (χ1n) is 9.63. The predicted octanol–water partition coefficient (Wildman–Crippen LogP) is 5.34. The summed E-state index contributed by atoms with van der Waals surface area (Å²) in [6, 6.07) is 8.27. The van der Waals surface area contributed by atoms with E-state index in [1.165, 1.54) is 31.5 Å². The molecule has 3 aromatic rings. The molecule has 1 aromatic heterocycles. The maximum Gasteiger partial charge on any atom is 0.422 e. The van der Waals surface area contributed by atoms with Gasteiger partial charge in [-0.05, 0) is 57.1 Å². The SMILES string of the molecule is CNSc1ccc(OCC(F)(F)F)c(Nc2ncnc3cc(OC(C)C)c(OC)cc23)c1. The van der Waals surface area contributed by atoms with Crippen molar-refractivity contribution in [3.05, 3.63) is 36.7 Å². The van der Waals surface area contributed by atoms with Crippen molar-refractivity contribution in [1.82, 2.24) is 14.7 Å². The molecule has 0 aliphatic rings. The van der Waals surface area contributed by atoms with Crippen LogP contribution in [0.4, 0.5) is 24.7 Å². The van der Waals surface area contributed by atoms with E-state index < -0.39 is 12.8 Å². The van der Waals surface area contributed by atoms with Gasteiger partial charge in [0.05, 0.1) is 24.4 Å². The smallest absolute Gasteiger partial charge is 0.422 e. The number of halogens is 3. The fourth-order valence-electron chi connectivity index (χ4n) is 2.87. The Morgan fingerprint density at radius 1 is 1.06 bits per heavy atom. The van der Waals surface area contributed by atoms with Crippen LogP contribution in [0.25, 0.3) is 10.9 Å². The Morgan fingerprint density at radius 2 is 1.84 bits per heavy atom. The molecule has 0 saturated carbocycles. The topological polar surface area (TPSA) is 77.5 Å². The summed E-state index contributed by atoms with van der Waals surface area (Å²) in [6.45, 7) is 2.39. The van der Waals surface area contributed by atoms with E-state index in [1.54, 1.807) is 31.3 Å². The van der Waals surface area contributed by atoms with Gasteiger partial charge in [-0.2, -0.15) is 13.2 Å². The minimum Gasteiger partial charge on any atom is -0.493 e. The van der Waals surface area contributed by atoms with Gasteiger partial charge in [0, 0.05) is 16.3 Å². The molecule has 3 rings (SSSR count). The molecule has 0 unspecified atom stereocenters. The molecule has 0 amide bonds. The van der Waals surface area contributed by atoms with Gasteiger partial charge in [-0.25, -0.2) is 9.97 Å². The Hall–Kier alpha value is -2.92. The predicted molar refractivity (Wildman–Crippen MR) is 118 cm³/mol. The first-order valence-corrected chi connectivity index (χ1v) is 10.5. The summed E-state index contributed by atoms with van der Waals surface area (Å²) in [5.41, 5.74) is 0.911. The van der Waals surface area contributed by atoms with Crippen molar-refractivity contribution in [1.29, 1.82) is 0 Å². The molecule has 0 fully saturated rings. The minimum atomic E-state index is -4.46. The number of hydrogen-bond donors (Lipinski definition) is 2. The Bertz CT molecular complexity index is 1080. The standard InChI is InChI=1S/C21H23F3N4O3S/c1-12(2)31-19-9-15-14(8-18(19)29-4)20(27-11-26-15)28-16-7-13(32-25-3)5-6-17(16)30-10-21(22,23)24/h5-9,11-12,25H,10H2,1-4H3,(H,26,27,28). The van der Waals surface area contributed by atoms with Crippen molar-refractivity contribution in [3.8, 4) is 17.2 Å². The van der Waals surface area contributed by atoms with Crippen LogP contribution in [0.3, 0.4) is 0 Å². The molecule has 2 N–H and O–H groups in total. The number of methoxy groups -OCH3 is 1. The number of ether oxygens (including phenoxy) is 3. The van der Waals surface area contributed by atoms with E-state index in [1.807, 2.05) is 13.8 Å². The van der Waals surface area contributed by atoms with Gasteiger partial charge in [-0.3, -0.25) is 4.72 Å². The first kappa shape index (κ1) is 23.7. The molecule has 0 radical (unpaired) electrons. The molecule has 0 bridgehead atoms. The normalized spacial score (nSPS) is 11.6. The van der Waals surface area contributed by atoms with Gasteiger partial charge >= 0.3 is 6.18 Å². The third-order valence-electron chi connectivity index (χ3n) is 4.10. The van der Waals surface area contributed by atoms with Crippen molar-refractivity contribution in [2.24, 2.45) is 0 Å². The van der Waals surface area contributed by atoms with Crippen LogP contribution in [0.5, 0.6) is 17.2 Å². The zero-order chi connectivity index (χ0) is 23.3. The second-order valence-corrected chi connectivity index (χ2v) is 7.99. The number of nitrogens with one attached hydrogen (secondary N) is 2. The molecule has 0 spiro atoms. The van der Waals surface area contributed by atoms with Crippen LogP contribution in [-0.2, 0) is 0 Å². The van der Waals surface area contributed by atoms with E-state index in [0.717, 1.165) is 4.90 Å². The number of hydrogen-bond acceptors (Lipinski definition) is 8. The molecular weight excluding hydrogens is 445 g/mol. The number of aromatic nitrogens is 2. The fraction of sp³-hybridized carbons (Fsp3) is 0.333. The van der Waals surface area contributed by atoms with Crippen LogP contribution >= 0.6 is 11.9 Å². The average Bonchev–Trinajstić information content (AvgIpc) is 2.72. The summed E-state index contributed by atoms with van der Waals surface area (Å²) in [4.78, 5) is 9.33. The van der Waals surface area contributed by atoms with Gasteiger partial charge in [-0.15, -0.1) is 0 Å². The van der Waals surface area contributed by atoms with Crippen molar-refractivity contribution in [3.63, 3.8) is 0 Å². The van der Waals surface area contributed by atoms with E-state index in [2.05, 4.69) is 20.0 Å². The number of benzene rings is 2. The molecule has 32 heavy (non-hydrogen) atoms. The lowest BCUT2D eigenvalue weighted by atomic mass is 10.2. The highest BCUT2D eigenvalue weighted by molar-refractivity contribution is 7.97. The Morgan fingerprint density at radius 3 is 2.50 bits per heavy atom. The molecule has 1 heterocycles. The number of anilines is 2. The number of fused-ring (bicyclic) bond motifs is 1. The van der Waals surface area contributed by atoms with E-state index in [4.69, 9.17) is 14.2 Å². The molecule has 0 saturated heterocycles. The van der Waals surface area contributed by atoms with E-state index in [9.17, 15) is 13.2 Å². The molecule has 11 heteroatoms. The highest BCUT2D eigenvalue weighted by Gasteiger charge is 2.29. The van der Waals surface area contributed by atoms with Crippen LogP contribution in [0.15, 0.2) is 41.6 Å². The molecular formula is C21H23F3N4O3S. The number of nitrogens with zero attached hydrogens (tertiary/aromatic N) is 2. The molecule has 0 aliphatic carbocycles. The van der Waals surface area contributed by atoms with Crippen molar-refractivity contribution >= 4 is 34.4 Å². The Labute approximate surface area is 187 Å². The molecule has 172 valence electrons. The van der Waals surface area contributed by atoms with Gasteiger partial charge in [0.15, 0.2) is 18.1 Å². The van der Waals surface area contributed by atoms with Gasteiger partial charge < -0.3 is 19.5 Å². The summed E-state index contributed by atoms with van der Waals surface area (Å²) in [7, 11) is 3.26. The number of rotatable bonds is 9. The van der Waals surface area contributed by atoms with Crippen LogP contribution in [0, 0.1) is 0 Å². The molecule has 7 nitrogen and oxygen atoms in total. The molecule has 0 atom stereocenters. The van der Waals surface area contributed by atoms with Crippen molar-refractivity contribution in [2.75, 3.05) is 26.1 Å². The van der Waals surface area contributed by atoms with Gasteiger partial charge in [0.1, 0.15) is 17.9 Å². The monoisotopic (exact) mass is 468 g/mol. The van der Waals surface area contributed by atoms with Crippen molar-refractivity contribution < 1.29 is 27.4 Å². The van der Waals surface area contributed by atoms with Crippen molar-refractivity contribution in [2.45, 2.75) is 31.0 Å². The van der Waals surface area contributed by atoms with Crippen LogP contribution in [0.1, 0.15) is 13.8 Å². The first-order chi connectivity index (χ1) is 15.2. The quantitative estimate of drug-likeness (QED) is 0.408. The molecule has 2 aromatic carbocycles. The van der Waals surface area contributed by atoms with E-state index >= 15 is 0 Å². The maximum atomic E-state index is 12.7. The van der Waals surface area contributed by atoms with E-state index in [0.29, 0.717) is 33.9 Å². The average molecular weight is 469 g/mol.